The maximum atomic E-state index is 14.0. The predicted molar refractivity (Wildman–Crippen MR) is 83.3 cm³/mol. The highest BCUT2D eigenvalue weighted by Crippen LogP contribution is 2.32. The van der Waals surface area contributed by atoms with Crippen molar-refractivity contribution in [3.05, 3.63) is 59.4 Å². The van der Waals surface area contributed by atoms with E-state index in [0.717, 1.165) is 11.3 Å². The average Bonchev–Trinajstić information content (AvgIpc) is 2.49. The van der Waals surface area contributed by atoms with Gasteiger partial charge < -0.3 is 4.74 Å². The fourth-order valence-electron chi connectivity index (χ4n) is 2.21. The van der Waals surface area contributed by atoms with E-state index in [-0.39, 0.29) is 5.75 Å². The Labute approximate surface area is 127 Å². The minimum atomic E-state index is -0.432. The van der Waals surface area contributed by atoms with Crippen LogP contribution < -0.4 is 4.74 Å². The van der Waals surface area contributed by atoms with Crippen molar-refractivity contribution in [1.82, 2.24) is 4.98 Å². The van der Waals surface area contributed by atoms with Crippen LogP contribution in [0.15, 0.2) is 48.5 Å². The molecule has 106 valence electrons. The molecular weight excluding hydrogens is 289 g/mol. The van der Waals surface area contributed by atoms with Gasteiger partial charge in [-0.2, -0.15) is 0 Å². The standard InChI is InChI=1S/C17H13ClFNO/c1-2-21-17-8-12-13(18)9-15(11-6-4-3-5-7-11)20-16(12)10-14(17)19/h3-10H,2H2,1H3. The summed E-state index contributed by atoms with van der Waals surface area (Å²) in [4.78, 5) is 4.49. The predicted octanol–water partition coefficient (Wildman–Crippen LogP) is 5.09. The number of fused-ring (bicyclic) bond motifs is 1. The van der Waals surface area contributed by atoms with Gasteiger partial charge in [0.15, 0.2) is 11.6 Å². The topological polar surface area (TPSA) is 22.1 Å². The molecule has 0 aliphatic rings. The first-order chi connectivity index (χ1) is 10.2. The average molecular weight is 302 g/mol. The molecule has 0 fully saturated rings. The van der Waals surface area contributed by atoms with Crippen LogP contribution in [0.2, 0.25) is 5.02 Å². The highest BCUT2D eigenvalue weighted by molar-refractivity contribution is 6.35. The molecule has 0 saturated carbocycles. The van der Waals surface area contributed by atoms with E-state index in [9.17, 15) is 4.39 Å². The zero-order chi connectivity index (χ0) is 14.8. The van der Waals surface area contributed by atoms with E-state index in [1.54, 1.807) is 12.1 Å². The van der Waals surface area contributed by atoms with Crippen molar-refractivity contribution >= 4 is 22.5 Å². The summed E-state index contributed by atoms with van der Waals surface area (Å²) in [5.74, 6) is -0.237. The van der Waals surface area contributed by atoms with E-state index < -0.39 is 5.82 Å². The Balaban J connectivity index is 2.19. The molecule has 2 aromatic carbocycles. The molecule has 3 rings (SSSR count). The molecule has 0 amide bonds. The molecule has 0 bridgehead atoms. The van der Waals surface area contributed by atoms with Crippen LogP contribution in [0.3, 0.4) is 0 Å². The zero-order valence-corrected chi connectivity index (χ0v) is 12.2. The summed E-state index contributed by atoms with van der Waals surface area (Å²) in [6, 6.07) is 14.4. The molecule has 0 unspecified atom stereocenters. The van der Waals surface area contributed by atoms with Crippen LogP contribution in [-0.4, -0.2) is 11.6 Å². The van der Waals surface area contributed by atoms with Crippen molar-refractivity contribution in [2.24, 2.45) is 0 Å². The molecule has 0 aliphatic carbocycles. The van der Waals surface area contributed by atoms with E-state index in [1.807, 2.05) is 37.3 Å². The van der Waals surface area contributed by atoms with Gasteiger partial charge in [-0.15, -0.1) is 0 Å². The van der Waals surface area contributed by atoms with Crippen LogP contribution in [0.25, 0.3) is 22.2 Å². The van der Waals surface area contributed by atoms with E-state index >= 15 is 0 Å². The lowest BCUT2D eigenvalue weighted by Crippen LogP contribution is -1.96. The second kappa shape index (κ2) is 5.70. The van der Waals surface area contributed by atoms with Crippen molar-refractivity contribution in [3.63, 3.8) is 0 Å². The molecule has 4 heteroatoms. The Bertz CT molecular complexity index is 790. The lowest BCUT2D eigenvalue weighted by atomic mass is 10.1. The van der Waals surface area contributed by atoms with Gasteiger partial charge in [0.2, 0.25) is 0 Å². The third-order valence-corrected chi connectivity index (χ3v) is 3.49. The number of benzene rings is 2. The van der Waals surface area contributed by atoms with Crippen molar-refractivity contribution in [2.45, 2.75) is 6.92 Å². The SMILES string of the molecule is CCOc1cc2c(Cl)cc(-c3ccccc3)nc2cc1F. The second-order valence-electron chi connectivity index (χ2n) is 4.59. The van der Waals surface area contributed by atoms with Gasteiger partial charge in [-0.05, 0) is 19.1 Å². The van der Waals surface area contributed by atoms with E-state index in [4.69, 9.17) is 16.3 Å². The number of rotatable bonds is 3. The van der Waals surface area contributed by atoms with E-state index in [1.165, 1.54) is 6.07 Å². The number of hydrogen-bond acceptors (Lipinski definition) is 2. The van der Waals surface area contributed by atoms with Crippen LogP contribution in [0.5, 0.6) is 5.75 Å². The molecule has 1 aromatic heterocycles. The monoisotopic (exact) mass is 301 g/mol. The first-order valence-electron chi connectivity index (χ1n) is 6.67. The normalized spacial score (nSPS) is 10.8. The molecular formula is C17H13ClFNO. The maximum absolute atomic E-state index is 14.0. The summed E-state index contributed by atoms with van der Waals surface area (Å²) in [6.07, 6.45) is 0. The van der Waals surface area contributed by atoms with Crippen molar-refractivity contribution in [3.8, 4) is 17.0 Å². The first-order valence-corrected chi connectivity index (χ1v) is 7.05. The van der Waals surface area contributed by atoms with Crippen LogP contribution in [-0.2, 0) is 0 Å². The molecule has 1 heterocycles. The molecule has 0 saturated heterocycles. The van der Waals surface area contributed by atoms with Gasteiger partial charge in [0, 0.05) is 17.0 Å². The van der Waals surface area contributed by atoms with Crippen molar-refractivity contribution in [1.29, 1.82) is 0 Å². The minimum absolute atomic E-state index is 0.196. The first kappa shape index (κ1) is 13.8. The van der Waals surface area contributed by atoms with Gasteiger partial charge in [0.1, 0.15) is 0 Å². The Morgan fingerprint density at radius 1 is 1.14 bits per heavy atom. The Morgan fingerprint density at radius 3 is 2.62 bits per heavy atom. The number of pyridine rings is 1. The molecule has 2 nitrogen and oxygen atoms in total. The molecule has 0 radical (unpaired) electrons. The van der Waals surface area contributed by atoms with E-state index in [2.05, 4.69) is 4.98 Å². The zero-order valence-electron chi connectivity index (χ0n) is 11.4. The van der Waals surface area contributed by atoms with Gasteiger partial charge >= 0.3 is 0 Å². The van der Waals surface area contributed by atoms with Crippen molar-refractivity contribution in [2.75, 3.05) is 6.61 Å². The maximum Gasteiger partial charge on any atom is 0.167 e. The molecule has 0 spiro atoms. The summed E-state index contributed by atoms with van der Waals surface area (Å²) >= 11 is 6.32. The highest BCUT2D eigenvalue weighted by atomic mass is 35.5. The number of aromatic nitrogens is 1. The summed E-state index contributed by atoms with van der Waals surface area (Å²) in [6.45, 7) is 2.21. The number of halogens is 2. The number of nitrogens with zero attached hydrogens (tertiary/aromatic N) is 1. The molecule has 21 heavy (non-hydrogen) atoms. The van der Waals surface area contributed by atoms with E-state index in [0.29, 0.717) is 22.5 Å². The van der Waals surface area contributed by atoms with Gasteiger partial charge in [-0.25, -0.2) is 9.37 Å². The Hall–Kier alpha value is -2.13. The van der Waals surface area contributed by atoms with Gasteiger partial charge in [-0.1, -0.05) is 41.9 Å². The summed E-state index contributed by atoms with van der Waals surface area (Å²) in [5, 5.41) is 1.21. The van der Waals surface area contributed by atoms with Crippen LogP contribution in [0, 0.1) is 5.82 Å². The molecule has 0 N–H and O–H groups in total. The Morgan fingerprint density at radius 2 is 1.90 bits per heavy atom. The Kier molecular flexibility index (Phi) is 3.76. The summed E-state index contributed by atoms with van der Waals surface area (Å²) in [7, 11) is 0. The van der Waals surface area contributed by atoms with Crippen LogP contribution in [0.1, 0.15) is 6.92 Å². The highest BCUT2D eigenvalue weighted by Gasteiger charge is 2.11. The van der Waals surface area contributed by atoms with Gasteiger partial charge in [0.25, 0.3) is 0 Å². The lowest BCUT2D eigenvalue weighted by Gasteiger charge is -2.09. The smallest absolute Gasteiger partial charge is 0.167 e. The van der Waals surface area contributed by atoms with Crippen LogP contribution >= 0.6 is 11.6 Å². The molecule has 0 atom stereocenters. The quantitative estimate of drug-likeness (QED) is 0.672. The van der Waals surface area contributed by atoms with Crippen molar-refractivity contribution < 1.29 is 9.13 Å². The number of hydrogen-bond donors (Lipinski definition) is 0. The molecule has 0 aliphatic heterocycles. The largest absolute Gasteiger partial charge is 0.491 e. The third kappa shape index (κ3) is 2.69. The fourth-order valence-corrected chi connectivity index (χ4v) is 2.46. The summed E-state index contributed by atoms with van der Waals surface area (Å²) < 4.78 is 19.2. The summed E-state index contributed by atoms with van der Waals surface area (Å²) in [5.41, 5.74) is 2.18. The fraction of sp³-hybridized carbons (Fsp3) is 0.118. The van der Waals surface area contributed by atoms with Gasteiger partial charge in [-0.3, -0.25) is 0 Å². The minimum Gasteiger partial charge on any atom is -0.491 e. The number of ether oxygens (including phenoxy) is 1. The van der Waals surface area contributed by atoms with Gasteiger partial charge in [0.05, 0.1) is 22.8 Å². The van der Waals surface area contributed by atoms with Crippen LogP contribution in [0.4, 0.5) is 4.39 Å². The molecule has 3 aromatic rings. The second-order valence-corrected chi connectivity index (χ2v) is 5.00. The third-order valence-electron chi connectivity index (χ3n) is 3.18. The lowest BCUT2D eigenvalue weighted by molar-refractivity contribution is 0.322.